The number of aromatic nitrogens is 2. The van der Waals surface area contributed by atoms with Gasteiger partial charge in [-0.15, -0.1) is 0 Å². The molecule has 1 amide bonds. The number of carbonyl (C=O) groups is 2. The van der Waals surface area contributed by atoms with Crippen molar-refractivity contribution in [1.82, 2.24) is 15.3 Å². The Morgan fingerprint density at radius 1 is 0.929 bits per heavy atom. The number of benzene rings is 3. The number of methoxy groups -OCH3 is 1. The zero-order valence-electron chi connectivity index (χ0n) is 22.9. The highest BCUT2D eigenvalue weighted by molar-refractivity contribution is 6.06. The third-order valence-electron chi connectivity index (χ3n) is 6.69. The minimum Gasteiger partial charge on any atom is -0.508 e. The molecule has 3 aromatic carbocycles. The van der Waals surface area contributed by atoms with Gasteiger partial charge in [-0.25, -0.2) is 9.78 Å². The van der Waals surface area contributed by atoms with E-state index in [1.165, 1.54) is 13.2 Å². The summed E-state index contributed by atoms with van der Waals surface area (Å²) in [7, 11) is 1.54. The van der Waals surface area contributed by atoms with E-state index in [1.54, 1.807) is 54.9 Å². The SMILES string of the molecule is COC[C@H](Cc1ccc(O)cc1)NC(=O)c1cc(C(=O)O)c2cc(-c3cccc(COc4cccnc4)c3)ccc2n1. The van der Waals surface area contributed by atoms with Gasteiger partial charge in [0.15, 0.2) is 0 Å². The molecular weight excluding hydrogens is 534 g/mol. The van der Waals surface area contributed by atoms with E-state index in [1.807, 2.05) is 36.4 Å². The van der Waals surface area contributed by atoms with Crippen LogP contribution in [-0.2, 0) is 17.8 Å². The van der Waals surface area contributed by atoms with Crippen LogP contribution in [0.15, 0.2) is 97.3 Å². The van der Waals surface area contributed by atoms with E-state index in [0.29, 0.717) is 29.7 Å². The fraction of sp³-hybridized carbons (Fsp3) is 0.152. The van der Waals surface area contributed by atoms with Crippen LogP contribution in [-0.4, -0.2) is 51.8 Å². The molecule has 5 rings (SSSR count). The van der Waals surface area contributed by atoms with Crippen LogP contribution in [0.2, 0.25) is 0 Å². The summed E-state index contributed by atoms with van der Waals surface area (Å²) < 4.78 is 11.1. The molecule has 5 aromatic rings. The molecule has 0 spiro atoms. The second-order valence-corrected chi connectivity index (χ2v) is 9.77. The van der Waals surface area contributed by atoms with E-state index in [0.717, 1.165) is 22.3 Å². The molecule has 3 N–H and O–H groups in total. The van der Waals surface area contributed by atoms with Crippen LogP contribution in [0.1, 0.15) is 32.0 Å². The Bertz CT molecular complexity index is 1710. The van der Waals surface area contributed by atoms with Crippen molar-refractivity contribution < 1.29 is 29.3 Å². The van der Waals surface area contributed by atoms with Gasteiger partial charge in [0.05, 0.1) is 29.9 Å². The van der Waals surface area contributed by atoms with Gasteiger partial charge in [-0.2, -0.15) is 0 Å². The Kier molecular flexibility index (Phi) is 8.70. The number of phenols is 1. The molecule has 0 aliphatic heterocycles. The summed E-state index contributed by atoms with van der Waals surface area (Å²) >= 11 is 0. The van der Waals surface area contributed by atoms with Gasteiger partial charge >= 0.3 is 5.97 Å². The van der Waals surface area contributed by atoms with E-state index in [2.05, 4.69) is 15.3 Å². The predicted octanol–water partition coefficient (Wildman–Crippen LogP) is 5.27. The number of carboxylic acid groups (broad SMARTS) is 1. The maximum atomic E-state index is 13.2. The number of amides is 1. The number of nitrogens with one attached hydrogen (secondary N) is 1. The van der Waals surface area contributed by atoms with Gasteiger partial charge in [-0.05, 0) is 77.2 Å². The molecule has 0 radical (unpaired) electrons. The standard InChI is InChI=1S/C33H29N3O6/c1-41-20-25(15-21-7-10-26(37)11-8-21)35-32(38)31-17-29(33(39)40)28-16-24(9-12-30(28)36-31)23-5-2-4-22(14-23)19-42-27-6-3-13-34-18-27/h2-14,16-18,25,37H,15,19-20H2,1H3,(H,35,38)(H,39,40)/t25-/m0/s1. The van der Waals surface area contributed by atoms with E-state index >= 15 is 0 Å². The van der Waals surface area contributed by atoms with Crippen LogP contribution in [0.25, 0.3) is 22.0 Å². The molecule has 0 aliphatic carbocycles. The molecular formula is C33H29N3O6. The molecule has 0 saturated carbocycles. The summed E-state index contributed by atoms with van der Waals surface area (Å²) in [6.45, 7) is 0.589. The number of pyridine rings is 2. The summed E-state index contributed by atoms with van der Waals surface area (Å²) in [5, 5.41) is 22.9. The molecule has 2 aromatic heterocycles. The smallest absolute Gasteiger partial charge is 0.336 e. The van der Waals surface area contributed by atoms with Crippen molar-refractivity contribution in [3.8, 4) is 22.6 Å². The fourth-order valence-corrected chi connectivity index (χ4v) is 4.67. The van der Waals surface area contributed by atoms with E-state index in [-0.39, 0.29) is 23.6 Å². The molecule has 1 atom stereocenters. The van der Waals surface area contributed by atoms with Crippen LogP contribution in [0.4, 0.5) is 0 Å². The normalized spacial score (nSPS) is 11.6. The summed E-state index contributed by atoms with van der Waals surface area (Å²) in [4.78, 5) is 34.0. The van der Waals surface area contributed by atoms with Crippen molar-refractivity contribution in [3.05, 3.63) is 120 Å². The van der Waals surface area contributed by atoms with Crippen LogP contribution < -0.4 is 10.1 Å². The van der Waals surface area contributed by atoms with Crippen LogP contribution in [0.5, 0.6) is 11.5 Å². The maximum Gasteiger partial charge on any atom is 0.336 e. The summed E-state index contributed by atoms with van der Waals surface area (Å²) in [6.07, 6.45) is 3.78. The first-order valence-corrected chi connectivity index (χ1v) is 13.3. The molecule has 0 bridgehead atoms. The average molecular weight is 564 g/mol. The van der Waals surface area contributed by atoms with E-state index in [9.17, 15) is 19.8 Å². The number of carboxylic acids is 1. The van der Waals surface area contributed by atoms with Crippen molar-refractivity contribution in [2.75, 3.05) is 13.7 Å². The van der Waals surface area contributed by atoms with E-state index in [4.69, 9.17) is 9.47 Å². The van der Waals surface area contributed by atoms with Gasteiger partial charge in [-0.1, -0.05) is 36.4 Å². The Labute approximate surface area is 242 Å². The van der Waals surface area contributed by atoms with E-state index < -0.39 is 17.9 Å². The quantitative estimate of drug-likeness (QED) is 0.198. The highest BCUT2D eigenvalue weighted by Gasteiger charge is 2.20. The minimum atomic E-state index is -1.16. The monoisotopic (exact) mass is 563 g/mol. The number of phenolic OH excluding ortho intramolecular Hbond substituents is 1. The first-order valence-electron chi connectivity index (χ1n) is 13.3. The van der Waals surface area contributed by atoms with Gasteiger partial charge < -0.3 is 25.0 Å². The number of ether oxygens (including phenoxy) is 2. The Morgan fingerprint density at radius 3 is 2.48 bits per heavy atom. The lowest BCUT2D eigenvalue weighted by Gasteiger charge is -2.18. The molecule has 0 unspecified atom stereocenters. The fourth-order valence-electron chi connectivity index (χ4n) is 4.67. The highest BCUT2D eigenvalue weighted by Crippen LogP contribution is 2.28. The van der Waals surface area contributed by atoms with Crippen LogP contribution in [0.3, 0.4) is 0 Å². The van der Waals surface area contributed by atoms with Crippen molar-refractivity contribution in [2.45, 2.75) is 19.1 Å². The number of nitrogens with zero attached hydrogens (tertiary/aromatic N) is 2. The molecule has 42 heavy (non-hydrogen) atoms. The Morgan fingerprint density at radius 2 is 1.74 bits per heavy atom. The first-order chi connectivity index (χ1) is 20.4. The Balaban J connectivity index is 1.38. The second kappa shape index (κ2) is 12.9. The molecule has 2 heterocycles. The molecule has 0 fully saturated rings. The number of hydrogen-bond donors (Lipinski definition) is 3. The lowest BCUT2D eigenvalue weighted by molar-refractivity contribution is 0.0699. The first kappa shape index (κ1) is 28.3. The number of rotatable bonds is 11. The number of aromatic hydroxyl groups is 1. The number of hydrogen-bond acceptors (Lipinski definition) is 7. The van der Waals surface area contributed by atoms with Crippen molar-refractivity contribution in [3.63, 3.8) is 0 Å². The topological polar surface area (TPSA) is 131 Å². The second-order valence-electron chi connectivity index (χ2n) is 9.77. The maximum absolute atomic E-state index is 13.2. The van der Waals surface area contributed by atoms with Crippen molar-refractivity contribution in [2.24, 2.45) is 0 Å². The minimum absolute atomic E-state index is 0.00555. The largest absolute Gasteiger partial charge is 0.508 e. The van der Waals surface area contributed by atoms with Crippen LogP contribution in [0, 0.1) is 0 Å². The highest BCUT2D eigenvalue weighted by atomic mass is 16.5. The summed E-state index contributed by atoms with van der Waals surface area (Å²) in [6, 6.07) is 24.4. The predicted molar refractivity (Wildman–Crippen MR) is 158 cm³/mol. The van der Waals surface area contributed by atoms with Gasteiger partial charge in [0.25, 0.3) is 5.91 Å². The number of fused-ring (bicyclic) bond motifs is 1. The zero-order valence-corrected chi connectivity index (χ0v) is 22.9. The van der Waals surface area contributed by atoms with Gasteiger partial charge in [0.2, 0.25) is 0 Å². The molecule has 212 valence electrons. The van der Waals surface area contributed by atoms with Gasteiger partial charge in [0.1, 0.15) is 23.8 Å². The molecule has 0 saturated heterocycles. The lowest BCUT2D eigenvalue weighted by atomic mass is 9.99. The number of aromatic carboxylic acids is 1. The summed E-state index contributed by atoms with van der Waals surface area (Å²) in [5.41, 5.74) is 3.90. The van der Waals surface area contributed by atoms with Crippen molar-refractivity contribution in [1.29, 1.82) is 0 Å². The van der Waals surface area contributed by atoms with Gasteiger partial charge in [-0.3, -0.25) is 9.78 Å². The third kappa shape index (κ3) is 6.89. The molecule has 0 aliphatic rings. The third-order valence-corrected chi connectivity index (χ3v) is 6.69. The van der Waals surface area contributed by atoms with Gasteiger partial charge in [0, 0.05) is 18.7 Å². The number of carbonyl (C=O) groups excluding carboxylic acids is 1. The lowest BCUT2D eigenvalue weighted by Crippen LogP contribution is -2.40. The van der Waals surface area contributed by atoms with Crippen molar-refractivity contribution >= 4 is 22.8 Å². The summed E-state index contributed by atoms with van der Waals surface area (Å²) in [5.74, 6) is -0.853. The zero-order chi connectivity index (χ0) is 29.5. The van der Waals surface area contributed by atoms with Crippen LogP contribution >= 0.6 is 0 Å². The molecule has 9 heteroatoms. The molecule has 9 nitrogen and oxygen atoms in total. The average Bonchev–Trinajstić information content (AvgIpc) is 3.01. The Hall–Kier alpha value is -5.28.